The van der Waals surface area contributed by atoms with Gasteiger partial charge in [-0.1, -0.05) is 69.8 Å². The van der Waals surface area contributed by atoms with Crippen LogP contribution in [0.3, 0.4) is 0 Å². The molecule has 2 heterocycles. The van der Waals surface area contributed by atoms with E-state index in [1.54, 1.807) is 0 Å². The third-order valence-electron chi connectivity index (χ3n) is 5.88. The van der Waals surface area contributed by atoms with Gasteiger partial charge in [0.25, 0.3) is 0 Å². The van der Waals surface area contributed by atoms with Crippen LogP contribution in [-0.2, 0) is 11.8 Å². The molecule has 2 aliphatic heterocycles. The van der Waals surface area contributed by atoms with E-state index in [1.165, 1.54) is 28.0 Å². The summed E-state index contributed by atoms with van der Waals surface area (Å²) in [5, 5.41) is 0. The highest BCUT2D eigenvalue weighted by Gasteiger charge is 2.25. The third kappa shape index (κ3) is 3.44. The minimum absolute atomic E-state index is 0.172. The van der Waals surface area contributed by atoms with Gasteiger partial charge in [0.2, 0.25) is 0 Å². The zero-order valence-electron chi connectivity index (χ0n) is 17.5. The number of fused-ring (bicyclic) bond motifs is 1. The lowest BCUT2D eigenvalue weighted by atomic mass is 9.86. The van der Waals surface area contributed by atoms with E-state index >= 15 is 0 Å². The largest absolute Gasteiger partial charge is 0.340 e. The lowest BCUT2D eigenvalue weighted by Gasteiger charge is -2.32. The highest BCUT2D eigenvalue weighted by molar-refractivity contribution is 6.04. The van der Waals surface area contributed by atoms with Gasteiger partial charge in [-0.25, -0.2) is 0 Å². The topological polar surface area (TPSA) is 15.6 Å². The molecule has 0 N–H and O–H groups in total. The fraction of sp³-hybridized carbons (Fsp3) is 0.346. The van der Waals surface area contributed by atoms with Gasteiger partial charge in [0.1, 0.15) is 0 Å². The molecule has 0 saturated heterocycles. The SMILES string of the molecule is C=C(C1=C(C)CC(c2ccc(C(C)(C)C)cc2)=N1)N1CCCc2ccccc21. The minimum Gasteiger partial charge on any atom is -0.340 e. The van der Waals surface area contributed by atoms with E-state index in [2.05, 4.69) is 87.7 Å². The van der Waals surface area contributed by atoms with Crippen molar-refractivity contribution in [3.8, 4) is 0 Å². The quantitative estimate of drug-likeness (QED) is 0.609. The Labute approximate surface area is 169 Å². The van der Waals surface area contributed by atoms with E-state index in [1.807, 2.05) is 0 Å². The number of hydrogen-bond acceptors (Lipinski definition) is 2. The molecule has 0 aliphatic carbocycles. The molecule has 0 aromatic heterocycles. The van der Waals surface area contributed by atoms with Gasteiger partial charge in [-0.3, -0.25) is 4.99 Å². The Morgan fingerprint density at radius 2 is 1.75 bits per heavy atom. The normalized spacial score (nSPS) is 16.9. The number of nitrogens with zero attached hydrogens (tertiary/aromatic N) is 2. The molecule has 0 saturated carbocycles. The van der Waals surface area contributed by atoms with Gasteiger partial charge in [-0.2, -0.15) is 0 Å². The molecule has 144 valence electrons. The first kappa shape index (κ1) is 18.7. The minimum atomic E-state index is 0.172. The molecule has 0 atom stereocenters. The van der Waals surface area contributed by atoms with Crippen molar-refractivity contribution in [3.63, 3.8) is 0 Å². The third-order valence-corrected chi connectivity index (χ3v) is 5.88. The Morgan fingerprint density at radius 3 is 2.46 bits per heavy atom. The summed E-state index contributed by atoms with van der Waals surface area (Å²) >= 11 is 0. The average molecular weight is 371 g/mol. The van der Waals surface area contributed by atoms with E-state index in [0.29, 0.717) is 0 Å². The van der Waals surface area contributed by atoms with Gasteiger partial charge in [0.15, 0.2) is 0 Å². The second-order valence-corrected chi connectivity index (χ2v) is 9.02. The summed E-state index contributed by atoms with van der Waals surface area (Å²) in [6, 6.07) is 17.6. The molecule has 0 fully saturated rings. The number of benzene rings is 2. The van der Waals surface area contributed by atoms with Crippen molar-refractivity contribution < 1.29 is 0 Å². The summed E-state index contributed by atoms with van der Waals surface area (Å²) in [5.41, 5.74) is 10.00. The lowest BCUT2D eigenvalue weighted by molar-refractivity contribution is 0.590. The predicted octanol–water partition coefficient (Wildman–Crippen LogP) is 6.42. The number of aliphatic imine (C=N–C) groups is 1. The summed E-state index contributed by atoms with van der Waals surface area (Å²) in [5.74, 6) is 0. The lowest BCUT2D eigenvalue weighted by Crippen LogP contribution is -2.28. The zero-order valence-corrected chi connectivity index (χ0v) is 17.5. The van der Waals surface area contributed by atoms with E-state index in [0.717, 1.165) is 42.9 Å². The smallest absolute Gasteiger partial charge is 0.0857 e. The number of rotatable bonds is 3. The summed E-state index contributed by atoms with van der Waals surface area (Å²) in [4.78, 5) is 7.39. The molecule has 2 aliphatic rings. The van der Waals surface area contributed by atoms with Crippen LogP contribution in [0.5, 0.6) is 0 Å². The molecule has 2 aromatic rings. The Bertz CT molecular complexity index is 968. The molecule has 0 unspecified atom stereocenters. The molecule has 0 amide bonds. The van der Waals surface area contributed by atoms with Crippen molar-refractivity contribution in [1.29, 1.82) is 0 Å². The fourth-order valence-corrected chi connectivity index (χ4v) is 4.19. The van der Waals surface area contributed by atoms with Crippen LogP contribution in [0, 0.1) is 0 Å². The van der Waals surface area contributed by atoms with Gasteiger partial charge in [0.05, 0.1) is 17.1 Å². The molecule has 0 bridgehead atoms. The van der Waals surface area contributed by atoms with E-state index in [4.69, 9.17) is 4.99 Å². The van der Waals surface area contributed by atoms with Crippen LogP contribution < -0.4 is 4.90 Å². The summed E-state index contributed by atoms with van der Waals surface area (Å²) in [6.07, 6.45) is 3.21. The number of para-hydroxylation sites is 1. The highest BCUT2D eigenvalue weighted by atomic mass is 15.2. The van der Waals surface area contributed by atoms with Crippen LogP contribution >= 0.6 is 0 Å². The van der Waals surface area contributed by atoms with Crippen molar-refractivity contribution >= 4 is 11.4 Å². The first-order valence-corrected chi connectivity index (χ1v) is 10.3. The molecule has 0 spiro atoms. The van der Waals surface area contributed by atoms with Crippen LogP contribution in [-0.4, -0.2) is 12.3 Å². The zero-order chi connectivity index (χ0) is 19.9. The molecule has 2 heteroatoms. The maximum atomic E-state index is 5.03. The fourth-order valence-electron chi connectivity index (χ4n) is 4.19. The summed E-state index contributed by atoms with van der Waals surface area (Å²) in [7, 11) is 0. The maximum absolute atomic E-state index is 5.03. The standard InChI is InChI=1S/C26H30N2/c1-18-17-23(20-12-14-22(15-13-20)26(3,4)5)27-25(18)19(2)28-16-8-10-21-9-6-7-11-24(21)28/h6-7,9,11-15H,2,8,10,16-17H2,1,3-5H3. The average Bonchev–Trinajstić information content (AvgIpc) is 3.08. The van der Waals surface area contributed by atoms with Crippen LogP contribution in [0.2, 0.25) is 0 Å². The van der Waals surface area contributed by atoms with Gasteiger partial charge in [0, 0.05) is 18.7 Å². The number of anilines is 1. The van der Waals surface area contributed by atoms with Gasteiger partial charge in [-0.15, -0.1) is 0 Å². The molecule has 2 nitrogen and oxygen atoms in total. The van der Waals surface area contributed by atoms with Crippen molar-refractivity contribution in [2.75, 3.05) is 11.4 Å². The molecule has 28 heavy (non-hydrogen) atoms. The van der Waals surface area contributed by atoms with Crippen molar-refractivity contribution in [3.05, 3.63) is 88.8 Å². The monoisotopic (exact) mass is 370 g/mol. The second kappa shape index (κ2) is 7.09. The first-order valence-electron chi connectivity index (χ1n) is 10.3. The summed E-state index contributed by atoms with van der Waals surface area (Å²) < 4.78 is 0. The number of aryl methyl sites for hydroxylation is 1. The van der Waals surface area contributed by atoms with Crippen LogP contribution in [0.1, 0.15) is 57.2 Å². The van der Waals surface area contributed by atoms with Crippen molar-refractivity contribution in [2.45, 2.75) is 52.4 Å². The molecular weight excluding hydrogens is 340 g/mol. The molecule has 0 radical (unpaired) electrons. The van der Waals surface area contributed by atoms with Crippen LogP contribution in [0.4, 0.5) is 5.69 Å². The first-order chi connectivity index (χ1) is 13.3. The second-order valence-electron chi connectivity index (χ2n) is 9.02. The molecular formula is C26H30N2. The Morgan fingerprint density at radius 1 is 1.04 bits per heavy atom. The Hall–Kier alpha value is -2.61. The van der Waals surface area contributed by atoms with E-state index in [9.17, 15) is 0 Å². The van der Waals surface area contributed by atoms with Gasteiger partial charge >= 0.3 is 0 Å². The predicted molar refractivity (Wildman–Crippen MR) is 120 cm³/mol. The van der Waals surface area contributed by atoms with Gasteiger partial charge < -0.3 is 4.90 Å². The number of allylic oxidation sites excluding steroid dienone is 1. The Kier molecular flexibility index (Phi) is 4.74. The number of hydrogen-bond donors (Lipinski definition) is 0. The summed E-state index contributed by atoms with van der Waals surface area (Å²) in [6.45, 7) is 14.4. The molecule has 4 rings (SSSR count). The molecule has 2 aromatic carbocycles. The van der Waals surface area contributed by atoms with Crippen molar-refractivity contribution in [2.24, 2.45) is 4.99 Å². The van der Waals surface area contributed by atoms with Crippen LogP contribution in [0.15, 0.2) is 77.1 Å². The van der Waals surface area contributed by atoms with E-state index in [-0.39, 0.29) is 5.41 Å². The van der Waals surface area contributed by atoms with Gasteiger partial charge in [-0.05, 0) is 53.5 Å². The van der Waals surface area contributed by atoms with E-state index < -0.39 is 0 Å². The maximum Gasteiger partial charge on any atom is 0.0857 e. The highest BCUT2D eigenvalue weighted by Crippen LogP contribution is 2.35. The van der Waals surface area contributed by atoms with Crippen molar-refractivity contribution in [1.82, 2.24) is 0 Å². The van der Waals surface area contributed by atoms with Crippen LogP contribution in [0.25, 0.3) is 0 Å². The Balaban J connectivity index is 1.60.